The largest absolute Gasteiger partial charge is 0.353 e. The van der Waals surface area contributed by atoms with E-state index in [4.69, 9.17) is 0 Å². The molecule has 3 aromatic heterocycles. The number of para-hydroxylation sites is 1. The molecule has 0 spiro atoms. The van der Waals surface area contributed by atoms with Gasteiger partial charge in [0.25, 0.3) is 0 Å². The molecule has 0 atom stereocenters. The van der Waals surface area contributed by atoms with E-state index in [0.29, 0.717) is 0 Å². The number of anilines is 2. The van der Waals surface area contributed by atoms with Crippen LogP contribution in [0.1, 0.15) is 5.56 Å². The van der Waals surface area contributed by atoms with Gasteiger partial charge in [0.2, 0.25) is 0 Å². The molecule has 5 rings (SSSR count). The highest BCUT2D eigenvalue weighted by molar-refractivity contribution is 5.89. The molecular weight excluding hydrogens is 350 g/mol. The Labute approximate surface area is 163 Å². The Bertz CT molecular complexity index is 1050. The molecule has 0 unspecified atom stereocenters. The van der Waals surface area contributed by atoms with E-state index in [1.54, 1.807) is 12.5 Å². The number of benzene rings is 1. The average molecular weight is 371 g/mol. The van der Waals surface area contributed by atoms with Crippen LogP contribution in [0.25, 0.3) is 10.9 Å². The number of hydrogen-bond donors (Lipinski definition) is 0. The van der Waals surface area contributed by atoms with Crippen molar-refractivity contribution in [3.05, 3.63) is 73.2 Å². The number of imidazole rings is 1. The van der Waals surface area contributed by atoms with Crippen LogP contribution in [0.4, 0.5) is 11.6 Å². The summed E-state index contributed by atoms with van der Waals surface area (Å²) in [6.07, 6.45) is 9.19. The molecule has 0 N–H and O–H groups in total. The highest BCUT2D eigenvalue weighted by Gasteiger charge is 2.20. The van der Waals surface area contributed by atoms with Crippen molar-refractivity contribution in [1.82, 2.24) is 24.5 Å². The van der Waals surface area contributed by atoms with E-state index >= 15 is 0 Å². The molecule has 0 bridgehead atoms. The molecule has 0 aliphatic carbocycles. The maximum absolute atomic E-state index is 4.68. The molecule has 140 valence electrons. The number of fused-ring (bicyclic) bond motifs is 1. The minimum Gasteiger partial charge on any atom is -0.353 e. The third-order valence-electron chi connectivity index (χ3n) is 5.16. The number of pyridine rings is 1. The van der Waals surface area contributed by atoms with Gasteiger partial charge in [-0.15, -0.1) is 0 Å². The van der Waals surface area contributed by atoms with Crippen molar-refractivity contribution in [1.29, 1.82) is 0 Å². The first-order valence-corrected chi connectivity index (χ1v) is 9.47. The van der Waals surface area contributed by atoms with Crippen LogP contribution in [0, 0.1) is 0 Å². The van der Waals surface area contributed by atoms with Crippen molar-refractivity contribution in [2.75, 3.05) is 36.0 Å². The van der Waals surface area contributed by atoms with Crippen LogP contribution in [0.15, 0.2) is 67.6 Å². The van der Waals surface area contributed by atoms with E-state index in [1.165, 1.54) is 5.56 Å². The predicted octanol–water partition coefficient (Wildman–Crippen LogP) is 2.60. The van der Waals surface area contributed by atoms with E-state index < -0.39 is 0 Å². The highest BCUT2D eigenvalue weighted by Crippen LogP contribution is 2.24. The van der Waals surface area contributed by atoms with Crippen LogP contribution in [-0.2, 0) is 6.54 Å². The first-order valence-electron chi connectivity index (χ1n) is 9.47. The molecule has 1 aromatic carbocycles. The van der Waals surface area contributed by atoms with Crippen LogP contribution >= 0.6 is 0 Å². The van der Waals surface area contributed by atoms with E-state index in [9.17, 15) is 0 Å². The minimum absolute atomic E-state index is 0.793. The lowest BCUT2D eigenvalue weighted by atomic mass is 10.2. The molecule has 4 heterocycles. The zero-order chi connectivity index (χ0) is 18.8. The summed E-state index contributed by atoms with van der Waals surface area (Å²) >= 11 is 0. The zero-order valence-corrected chi connectivity index (χ0v) is 15.5. The van der Waals surface area contributed by atoms with Gasteiger partial charge in [-0.25, -0.2) is 19.9 Å². The number of rotatable bonds is 4. The molecule has 28 heavy (non-hydrogen) atoms. The van der Waals surface area contributed by atoms with Crippen molar-refractivity contribution >= 4 is 22.5 Å². The average Bonchev–Trinajstić information content (AvgIpc) is 3.27. The van der Waals surface area contributed by atoms with Crippen molar-refractivity contribution in [3.63, 3.8) is 0 Å². The van der Waals surface area contributed by atoms with Gasteiger partial charge in [0.05, 0.1) is 11.8 Å². The lowest BCUT2D eigenvalue weighted by Gasteiger charge is -2.36. The molecule has 1 fully saturated rings. The Morgan fingerprint density at radius 1 is 0.857 bits per heavy atom. The Balaban J connectivity index is 1.27. The number of piperazine rings is 1. The fourth-order valence-corrected chi connectivity index (χ4v) is 3.68. The second-order valence-corrected chi connectivity index (χ2v) is 6.95. The summed E-state index contributed by atoms with van der Waals surface area (Å²) < 4.78 is 2.04. The SMILES string of the molecule is c1ccc2c(N3CCN(c4ccc(Cn5ccnc5)cn4)CC3)ncnc2c1. The Hall–Kier alpha value is -3.48. The summed E-state index contributed by atoms with van der Waals surface area (Å²) in [7, 11) is 0. The Morgan fingerprint density at radius 3 is 2.50 bits per heavy atom. The second-order valence-electron chi connectivity index (χ2n) is 6.95. The summed E-state index contributed by atoms with van der Waals surface area (Å²) in [6.45, 7) is 4.47. The van der Waals surface area contributed by atoms with Crippen molar-refractivity contribution in [2.45, 2.75) is 6.54 Å². The molecule has 7 nitrogen and oxygen atoms in total. The van der Waals surface area contributed by atoms with Crippen molar-refractivity contribution in [2.24, 2.45) is 0 Å². The molecule has 1 saturated heterocycles. The minimum atomic E-state index is 0.793. The molecule has 1 aliphatic rings. The van der Waals surface area contributed by atoms with Crippen LogP contribution in [0.3, 0.4) is 0 Å². The van der Waals surface area contributed by atoms with E-state index in [0.717, 1.165) is 55.3 Å². The Morgan fingerprint density at radius 2 is 1.71 bits per heavy atom. The third kappa shape index (κ3) is 3.26. The Kier molecular flexibility index (Phi) is 4.33. The van der Waals surface area contributed by atoms with Crippen LogP contribution in [-0.4, -0.2) is 50.7 Å². The first kappa shape index (κ1) is 16.7. The zero-order valence-electron chi connectivity index (χ0n) is 15.5. The summed E-state index contributed by atoms with van der Waals surface area (Å²) in [5.41, 5.74) is 2.16. The monoisotopic (exact) mass is 371 g/mol. The molecule has 1 aliphatic heterocycles. The second kappa shape index (κ2) is 7.26. The predicted molar refractivity (Wildman–Crippen MR) is 110 cm³/mol. The fraction of sp³-hybridized carbons (Fsp3) is 0.238. The van der Waals surface area contributed by atoms with E-state index in [-0.39, 0.29) is 0 Å². The van der Waals surface area contributed by atoms with Gasteiger partial charge < -0.3 is 14.4 Å². The van der Waals surface area contributed by atoms with Gasteiger partial charge in [-0.1, -0.05) is 18.2 Å². The van der Waals surface area contributed by atoms with Gasteiger partial charge >= 0.3 is 0 Å². The standard InChI is InChI=1S/C21H21N7/c1-2-4-19-18(3-1)21(25-15-24-19)28-11-9-27(10-12-28)20-6-5-17(13-23-20)14-26-8-7-22-16-26/h1-8,13,15-16H,9-12,14H2. The lowest BCUT2D eigenvalue weighted by molar-refractivity contribution is 0.642. The number of hydrogen-bond acceptors (Lipinski definition) is 6. The van der Waals surface area contributed by atoms with Crippen molar-refractivity contribution < 1.29 is 0 Å². The normalized spacial score (nSPS) is 14.6. The number of aromatic nitrogens is 5. The van der Waals surface area contributed by atoms with Crippen molar-refractivity contribution in [3.8, 4) is 0 Å². The van der Waals surface area contributed by atoms with Gasteiger partial charge in [-0.05, 0) is 23.8 Å². The van der Waals surface area contributed by atoms with Gasteiger partial charge in [0.15, 0.2) is 0 Å². The van der Waals surface area contributed by atoms with Gasteiger partial charge in [-0.2, -0.15) is 0 Å². The van der Waals surface area contributed by atoms with Gasteiger partial charge in [-0.3, -0.25) is 0 Å². The maximum Gasteiger partial charge on any atom is 0.140 e. The van der Waals surface area contributed by atoms with E-state index in [2.05, 4.69) is 47.9 Å². The molecular formula is C21H21N7. The fourth-order valence-electron chi connectivity index (χ4n) is 3.68. The number of nitrogens with zero attached hydrogens (tertiary/aromatic N) is 7. The molecule has 7 heteroatoms. The maximum atomic E-state index is 4.68. The van der Waals surface area contributed by atoms with E-state index in [1.807, 2.05) is 41.5 Å². The lowest BCUT2D eigenvalue weighted by Crippen LogP contribution is -2.47. The first-order chi connectivity index (χ1) is 13.9. The smallest absolute Gasteiger partial charge is 0.140 e. The topological polar surface area (TPSA) is 63.0 Å². The van der Waals surface area contributed by atoms with Crippen LogP contribution in [0.2, 0.25) is 0 Å². The summed E-state index contributed by atoms with van der Waals surface area (Å²) in [5.74, 6) is 2.05. The molecule has 0 radical (unpaired) electrons. The summed E-state index contributed by atoms with van der Waals surface area (Å²) in [4.78, 5) is 22.4. The third-order valence-corrected chi connectivity index (χ3v) is 5.16. The summed E-state index contributed by atoms with van der Waals surface area (Å²) in [6, 6.07) is 12.4. The van der Waals surface area contributed by atoms with Crippen LogP contribution < -0.4 is 9.80 Å². The quantitative estimate of drug-likeness (QED) is 0.549. The van der Waals surface area contributed by atoms with Crippen LogP contribution in [0.5, 0.6) is 0 Å². The van der Waals surface area contributed by atoms with Gasteiger partial charge in [0.1, 0.15) is 18.0 Å². The molecule has 4 aromatic rings. The van der Waals surface area contributed by atoms with Gasteiger partial charge in [0, 0.05) is 56.7 Å². The molecule has 0 amide bonds. The summed E-state index contributed by atoms with van der Waals surface area (Å²) in [5, 5.41) is 1.11. The molecule has 0 saturated carbocycles. The highest BCUT2D eigenvalue weighted by atomic mass is 15.3.